The van der Waals surface area contributed by atoms with Gasteiger partial charge in [0, 0.05) is 46.2 Å². The predicted molar refractivity (Wildman–Crippen MR) is 137 cm³/mol. The number of aliphatic hydroxyl groups is 1. The molecule has 0 atom stereocenters. The molecular weight excluding hydrogens is 531 g/mol. The van der Waals surface area contributed by atoms with Gasteiger partial charge in [-0.3, -0.25) is 9.25 Å². The third-order valence-electron chi connectivity index (χ3n) is 6.16. The molecule has 0 radical (unpaired) electrons. The Kier molecular flexibility index (Phi) is 6.41. The lowest BCUT2D eigenvalue weighted by Crippen LogP contribution is -2.26. The average Bonchev–Trinajstić information content (AvgIpc) is 3.53. The van der Waals surface area contributed by atoms with Crippen molar-refractivity contribution < 1.29 is 37.4 Å². The summed E-state index contributed by atoms with van der Waals surface area (Å²) < 4.78 is 52.9. The molecule has 0 amide bonds. The van der Waals surface area contributed by atoms with E-state index in [1.165, 1.54) is 12.1 Å². The molecule has 0 aliphatic carbocycles. The maximum Gasteiger partial charge on any atom is 0.573 e. The van der Waals surface area contributed by atoms with E-state index in [0.717, 1.165) is 6.07 Å². The van der Waals surface area contributed by atoms with E-state index in [1.54, 1.807) is 67.8 Å². The lowest BCUT2D eigenvalue weighted by Gasteiger charge is -2.16. The zero-order chi connectivity index (χ0) is 29.0. The molecule has 5 aromatic rings. The molecule has 4 aromatic heterocycles. The number of carboxylic acids is 1. The maximum absolute atomic E-state index is 13.4. The monoisotopic (exact) mass is 555 g/mol. The molecule has 0 spiro atoms. The van der Waals surface area contributed by atoms with Gasteiger partial charge in [-0.15, -0.1) is 13.2 Å². The lowest BCUT2D eigenvalue weighted by molar-refractivity contribution is -0.274. The SMILES string of the molecule is Cc1noc(C)c1-c1cnc2c(c1)c(-c1ccc(C(=O)O)cc1OC(F)(F)F)cn2-c1cnn(CC(C)(C)O)c1. The van der Waals surface area contributed by atoms with Crippen molar-refractivity contribution in [3.63, 3.8) is 0 Å². The fourth-order valence-corrected chi connectivity index (χ4v) is 4.60. The number of alkyl halides is 3. The van der Waals surface area contributed by atoms with Crippen LogP contribution >= 0.6 is 0 Å². The van der Waals surface area contributed by atoms with Crippen LogP contribution in [0.4, 0.5) is 13.2 Å². The number of ether oxygens (including phenoxy) is 1. The molecule has 0 unspecified atom stereocenters. The number of hydrogen-bond donors (Lipinski definition) is 2. The van der Waals surface area contributed by atoms with Crippen molar-refractivity contribution in [1.29, 1.82) is 0 Å². The zero-order valence-electron chi connectivity index (χ0n) is 21.8. The van der Waals surface area contributed by atoms with Crippen LogP contribution in [-0.4, -0.2) is 52.6 Å². The van der Waals surface area contributed by atoms with E-state index in [1.807, 2.05) is 0 Å². The second-order valence-corrected chi connectivity index (χ2v) is 9.98. The van der Waals surface area contributed by atoms with Crippen LogP contribution in [-0.2, 0) is 6.54 Å². The van der Waals surface area contributed by atoms with Gasteiger partial charge in [0.15, 0.2) is 0 Å². The van der Waals surface area contributed by atoms with Crippen molar-refractivity contribution >= 4 is 17.0 Å². The smallest absolute Gasteiger partial charge is 0.478 e. The summed E-state index contributed by atoms with van der Waals surface area (Å²) in [5, 5.41) is 28.3. The van der Waals surface area contributed by atoms with Gasteiger partial charge in [0.2, 0.25) is 0 Å². The zero-order valence-corrected chi connectivity index (χ0v) is 21.8. The Morgan fingerprint density at radius 1 is 1.10 bits per heavy atom. The number of halogens is 3. The van der Waals surface area contributed by atoms with E-state index >= 15 is 0 Å². The first-order valence-corrected chi connectivity index (χ1v) is 12.0. The van der Waals surface area contributed by atoms with E-state index in [0.29, 0.717) is 44.9 Å². The molecule has 0 bridgehead atoms. The predicted octanol–water partition coefficient (Wildman–Crippen LogP) is 5.53. The third kappa shape index (κ3) is 5.27. The molecule has 0 saturated carbocycles. The molecule has 5 rings (SSSR count). The van der Waals surface area contributed by atoms with Crippen molar-refractivity contribution in [2.45, 2.75) is 46.2 Å². The highest BCUT2D eigenvalue weighted by molar-refractivity contribution is 5.99. The van der Waals surface area contributed by atoms with Crippen LogP contribution in [0.1, 0.15) is 35.7 Å². The number of aromatic nitrogens is 5. The average molecular weight is 556 g/mol. The van der Waals surface area contributed by atoms with Crippen LogP contribution in [0, 0.1) is 13.8 Å². The molecule has 2 N–H and O–H groups in total. The first-order chi connectivity index (χ1) is 18.7. The van der Waals surface area contributed by atoms with Crippen LogP contribution in [0.5, 0.6) is 5.75 Å². The second-order valence-electron chi connectivity index (χ2n) is 9.98. The number of carbonyl (C=O) groups is 1. The lowest BCUT2D eigenvalue weighted by atomic mass is 10.00. The molecule has 208 valence electrons. The molecule has 13 heteroatoms. The maximum atomic E-state index is 13.4. The number of hydrogen-bond acceptors (Lipinski definition) is 7. The van der Waals surface area contributed by atoms with Gasteiger partial charge in [-0.25, -0.2) is 9.78 Å². The molecule has 4 heterocycles. The summed E-state index contributed by atoms with van der Waals surface area (Å²) in [6, 6.07) is 5.06. The third-order valence-corrected chi connectivity index (χ3v) is 6.16. The number of aromatic carboxylic acids is 1. The Morgan fingerprint density at radius 3 is 2.48 bits per heavy atom. The van der Waals surface area contributed by atoms with Crippen LogP contribution in [0.15, 0.2) is 53.6 Å². The van der Waals surface area contributed by atoms with E-state index in [9.17, 15) is 28.2 Å². The van der Waals surface area contributed by atoms with Gasteiger partial charge in [0.1, 0.15) is 17.2 Å². The van der Waals surface area contributed by atoms with Crippen LogP contribution < -0.4 is 4.74 Å². The summed E-state index contributed by atoms with van der Waals surface area (Å²) in [6.07, 6.45) is 1.34. The Morgan fingerprint density at radius 2 is 1.85 bits per heavy atom. The van der Waals surface area contributed by atoms with Gasteiger partial charge in [-0.1, -0.05) is 5.16 Å². The number of rotatable bonds is 7. The number of aryl methyl sites for hydroxylation is 2. The van der Waals surface area contributed by atoms with Gasteiger partial charge >= 0.3 is 12.3 Å². The highest BCUT2D eigenvalue weighted by Crippen LogP contribution is 2.41. The first-order valence-electron chi connectivity index (χ1n) is 12.0. The van der Waals surface area contributed by atoms with Crippen LogP contribution in [0.3, 0.4) is 0 Å². The summed E-state index contributed by atoms with van der Waals surface area (Å²) in [5.41, 5.74) is 1.78. The van der Waals surface area contributed by atoms with Crippen molar-refractivity contribution in [3.8, 4) is 33.7 Å². The molecule has 10 nitrogen and oxygen atoms in total. The summed E-state index contributed by atoms with van der Waals surface area (Å²) in [4.78, 5) is 16.1. The quantitative estimate of drug-likeness (QED) is 0.268. The van der Waals surface area contributed by atoms with Crippen molar-refractivity contribution in [2.24, 2.45) is 0 Å². The fourth-order valence-electron chi connectivity index (χ4n) is 4.60. The highest BCUT2D eigenvalue weighted by Gasteiger charge is 2.33. The highest BCUT2D eigenvalue weighted by atomic mass is 19.4. The van der Waals surface area contributed by atoms with Crippen molar-refractivity contribution in [1.82, 2.24) is 24.5 Å². The van der Waals surface area contributed by atoms with E-state index in [2.05, 4.69) is 20.0 Å². The second kappa shape index (κ2) is 9.52. The van der Waals surface area contributed by atoms with E-state index < -0.39 is 23.7 Å². The standard InChI is InChI=1S/C27H24F3N5O5/c1-14-23(15(2)40-33-14)17-7-20-21(19-6-5-16(25(36)37)8-22(19)39-27(28,29)30)12-35(24(20)31-9-17)18-10-32-34(11-18)13-26(3,4)38/h5-12,38H,13H2,1-4H3,(H,36,37). The Labute approximate surface area is 225 Å². The van der Waals surface area contributed by atoms with Gasteiger partial charge in [0.05, 0.1) is 35.3 Å². The Balaban J connectivity index is 1.76. The van der Waals surface area contributed by atoms with Gasteiger partial charge in [-0.05, 0) is 52.0 Å². The molecule has 0 fully saturated rings. The summed E-state index contributed by atoms with van der Waals surface area (Å²) in [5.74, 6) is -1.53. The summed E-state index contributed by atoms with van der Waals surface area (Å²) in [7, 11) is 0. The first kappa shape index (κ1) is 26.9. The minimum absolute atomic E-state index is 0.00710. The largest absolute Gasteiger partial charge is 0.573 e. The minimum Gasteiger partial charge on any atom is -0.478 e. The molecular formula is C27H24F3N5O5. The number of fused-ring (bicyclic) bond motifs is 1. The van der Waals surface area contributed by atoms with Crippen molar-refractivity contribution in [3.05, 3.63) is 66.1 Å². The molecule has 0 aliphatic rings. The van der Waals surface area contributed by atoms with Gasteiger partial charge < -0.3 is 19.5 Å². The van der Waals surface area contributed by atoms with Gasteiger partial charge in [0.25, 0.3) is 0 Å². The molecule has 0 aliphatic heterocycles. The molecule has 1 aromatic carbocycles. The van der Waals surface area contributed by atoms with E-state index in [-0.39, 0.29) is 17.7 Å². The fraction of sp³-hybridized carbons (Fsp3) is 0.259. The topological polar surface area (TPSA) is 128 Å². The van der Waals surface area contributed by atoms with Crippen molar-refractivity contribution in [2.75, 3.05) is 0 Å². The van der Waals surface area contributed by atoms with Gasteiger partial charge in [-0.2, -0.15) is 5.10 Å². The Bertz CT molecular complexity index is 1720. The minimum atomic E-state index is -5.07. The molecule has 0 saturated heterocycles. The normalized spacial score (nSPS) is 12.3. The number of benzene rings is 1. The van der Waals surface area contributed by atoms with Crippen LogP contribution in [0.2, 0.25) is 0 Å². The number of carboxylic acid groups (broad SMARTS) is 1. The molecule has 40 heavy (non-hydrogen) atoms. The Hall–Kier alpha value is -4.65. The summed E-state index contributed by atoms with van der Waals surface area (Å²) in [6.45, 7) is 6.97. The number of nitrogens with zero attached hydrogens (tertiary/aromatic N) is 5. The summed E-state index contributed by atoms with van der Waals surface area (Å²) >= 11 is 0. The number of pyridine rings is 1. The van der Waals surface area contributed by atoms with Crippen LogP contribution in [0.25, 0.3) is 39.0 Å². The van der Waals surface area contributed by atoms with E-state index in [4.69, 9.17) is 4.52 Å².